The molecule has 21 heavy (non-hydrogen) atoms. The van der Waals surface area contributed by atoms with E-state index in [1.807, 2.05) is 0 Å². The summed E-state index contributed by atoms with van der Waals surface area (Å²) in [5.74, 6) is 0.209. The van der Waals surface area contributed by atoms with Crippen LogP contribution in [0.15, 0.2) is 0 Å². The zero-order chi connectivity index (χ0) is 16.2. The van der Waals surface area contributed by atoms with E-state index in [1.54, 1.807) is 7.05 Å². The van der Waals surface area contributed by atoms with Crippen LogP contribution in [0.25, 0.3) is 0 Å². The van der Waals surface area contributed by atoms with Crippen LogP contribution in [-0.4, -0.2) is 24.8 Å². The highest BCUT2D eigenvalue weighted by atomic mass is 32.1. The van der Waals surface area contributed by atoms with Crippen molar-refractivity contribution in [3.8, 4) is 0 Å². The topological polar surface area (TPSA) is 84.2 Å². The number of hydrogen-bond acceptors (Lipinski definition) is 5. The smallest absolute Gasteiger partial charge is 0.256 e. The number of nitrogens with two attached hydrogens (primary N) is 1. The number of anilines is 2. The molecule has 1 aromatic rings. The van der Waals surface area contributed by atoms with Gasteiger partial charge in [-0.2, -0.15) is 0 Å². The lowest BCUT2D eigenvalue weighted by atomic mass is 10.0. The average molecular weight is 311 g/mol. The summed E-state index contributed by atoms with van der Waals surface area (Å²) in [6.07, 6.45) is 2.11. The van der Waals surface area contributed by atoms with Crippen molar-refractivity contribution in [1.82, 2.24) is 5.32 Å². The van der Waals surface area contributed by atoms with Crippen molar-refractivity contribution in [3.63, 3.8) is 0 Å². The SMILES string of the molecule is CCC(C)CC(C)Nc1sc(C(C)=O)c(N)c1C(=O)NC. The Morgan fingerprint density at radius 1 is 1.33 bits per heavy atom. The second-order valence-electron chi connectivity index (χ2n) is 5.48. The predicted octanol–water partition coefficient (Wildman–Crippen LogP) is 3.13. The van der Waals surface area contributed by atoms with E-state index in [0.29, 0.717) is 21.4 Å². The van der Waals surface area contributed by atoms with Crippen LogP contribution in [0.2, 0.25) is 0 Å². The molecular weight excluding hydrogens is 286 g/mol. The van der Waals surface area contributed by atoms with Crippen molar-refractivity contribution in [2.45, 2.75) is 46.6 Å². The number of nitrogens with one attached hydrogen (secondary N) is 2. The number of hydrogen-bond donors (Lipinski definition) is 3. The van der Waals surface area contributed by atoms with Crippen molar-refractivity contribution in [2.24, 2.45) is 5.92 Å². The van der Waals surface area contributed by atoms with Gasteiger partial charge in [-0.15, -0.1) is 11.3 Å². The summed E-state index contributed by atoms with van der Waals surface area (Å²) in [4.78, 5) is 24.1. The van der Waals surface area contributed by atoms with Crippen molar-refractivity contribution in [3.05, 3.63) is 10.4 Å². The number of amides is 1. The fourth-order valence-corrected chi connectivity index (χ4v) is 3.34. The first-order valence-corrected chi connectivity index (χ1v) is 8.05. The van der Waals surface area contributed by atoms with Gasteiger partial charge in [0.05, 0.1) is 16.1 Å². The van der Waals surface area contributed by atoms with Gasteiger partial charge in [-0.3, -0.25) is 9.59 Å². The van der Waals surface area contributed by atoms with Crippen LogP contribution in [0.1, 0.15) is 60.6 Å². The molecule has 0 aliphatic carbocycles. The Morgan fingerprint density at radius 3 is 2.43 bits per heavy atom. The molecule has 1 rings (SSSR count). The van der Waals surface area contributed by atoms with Gasteiger partial charge in [-0.25, -0.2) is 0 Å². The lowest BCUT2D eigenvalue weighted by Gasteiger charge is -2.18. The van der Waals surface area contributed by atoms with E-state index in [-0.39, 0.29) is 23.4 Å². The highest BCUT2D eigenvalue weighted by molar-refractivity contribution is 7.19. The Morgan fingerprint density at radius 2 is 1.95 bits per heavy atom. The molecule has 5 nitrogen and oxygen atoms in total. The number of ketones is 1. The van der Waals surface area contributed by atoms with Crippen LogP contribution in [0.4, 0.5) is 10.7 Å². The number of nitrogen functional groups attached to an aromatic ring is 1. The quantitative estimate of drug-likeness (QED) is 0.675. The summed E-state index contributed by atoms with van der Waals surface area (Å²) in [6.45, 7) is 7.89. The van der Waals surface area contributed by atoms with Crippen LogP contribution in [0.5, 0.6) is 0 Å². The molecule has 6 heteroatoms. The van der Waals surface area contributed by atoms with E-state index >= 15 is 0 Å². The maximum Gasteiger partial charge on any atom is 0.256 e. The van der Waals surface area contributed by atoms with Gasteiger partial charge >= 0.3 is 0 Å². The van der Waals surface area contributed by atoms with E-state index in [2.05, 4.69) is 31.4 Å². The molecule has 0 saturated carbocycles. The molecule has 0 bridgehead atoms. The highest BCUT2D eigenvalue weighted by Crippen LogP contribution is 2.36. The maximum absolute atomic E-state index is 12.0. The van der Waals surface area contributed by atoms with E-state index in [9.17, 15) is 9.59 Å². The fraction of sp³-hybridized carbons (Fsp3) is 0.600. The molecule has 1 amide bonds. The normalized spacial score (nSPS) is 13.6. The Kier molecular flexibility index (Phi) is 6.20. The van der Waals surface area contributed by atoms with Crippen molar-refractivity contribution >= 4 is 33.7 Å². The maximum atomic E-state index is 12.0. The second-order valence-corrected chi connectivity index (χ2v) is 6.50. The lowest BCUT2D eigenvalue weighted by molar-refractivity contribution is 0.0965. The summed E-state index contributed by atoms with van der Waals surface area (Å²) < 4.78 is 0. The van der Waals surface area contributed by atoms with Gasteiger partial charge in [0.1, 0.15) is 5.00 Å². The van der Waals surface area contributed by atoms with Crippen molar-refractivity contribution in [1.29, 1.82) is 0 Å². The first-order valence-electron chi connectivity index (χ1n) is 7.23. The standard InChI is InChI=1S/C15H25N3O2S/c1-6-8(2)7-9(3)18-15-11(14(20)17-5)12(16)13(21-15)10(4)19/h8-9,18H,6-7,16H2,1-5H3,(H,17,20). The molecule has 0 aliphatic heterocycles. The van der Waals surface area contributed by atoms with Gasteiger partial charge in [0.15, 0.2) is 5.78 Å². The van der Waals surface area contributed by atoms with Gasteiger partial charge in [-0.1, -0.05) is 20.3 Å². The van der Waals surface area contributed by atoms with Crippen LogP contribution in [0, 0.1) is 5.92 Å². The van der Waals surface area contributed by atoms with E-state index < -0.39 is 0 Å². The Hall–Kier alpha value is -1.56. The second kappa shape index (κ2) is 7.45. The van der Waals surface area contributed by atoms with Gasteiger partial charge < -0.3 is 16.4 Å². The summed E-state index contributed by atoms with van der Waals surface area (Å²) in [5, 5.41) is 6.58. The van der Waals surface area contributed by atoms with E-state index in [1.165, 1.54) is 18.3 Å². The molecule has 1 heterocycles. The number of Topliss-reactive ketones (excluding diaryl/α,β-unsaturated/α-hetero) is 1. The summed E-state index contributed by atoms with van der Waals surface area (Å²) in [6, 6.07) is 0.209. The van der Waals surface area contributed by atoms with Crippen LogP contribution >= 0.6 is 11.3 Å². The molecule has 0 spiro atoms. The summed E-state index contributed by atoms with van der Waals surface area (Å²) in [7, 11) is 1.55. The number of rotatable bonds is 7. The third-order valence-electron chi connectivity index (χ3n) is 3.55. The minimum absolute atomic E-state index is 0.120. The van der Waals surface area contributed by atoms with Gasteiger partial charge in [0, 0.05) is 20.0 Å². The Labute approximate surface area is 130 Å². The first-order chi connectivity index (χ1) is 9.81. The Bertz CT molecular complexity index is 525. The minimum atomic E-state index is -0.269. The fourth-order valence-electron chi connectivity index (χ4n) is 2.21. The predicted molar refractivity (Wildman–Crippen MR) is 89.3 cm³/mol. The lowest BCUT2D eigenvalue weighted by Crippen LogP contribution is -2.23. The molecule has 0 radical (unpaired) electrons. The third-order valence-corrected chi connectivity index (χ3v) is 4.79. The van der Waals surface area contributed by atoms with E-state index in [0.717, 1.165) is 12.8 Å². The summed E-state index contributed by atoms with van der Waals surface area (Å²) in [5.41, 5.74) is 6.62. The average Bonchev–Trinajstić information content (AvgIpc) is 2.74. The van der Waals surface area contributed by atoms with Crippen molar-refractivity contribution in [2.75, 3.05) is 18.1 Å². The molecule has 0 aromatic carbocycles. The first kappa shape index (κ1) is 17.5. The largest absolute Gasteiger partial charge is 0.397 e. The van der Waals surface area contributed by atoms with Crippen LogP contribution in [0.3, 0.4) is 0 Å². The number of carbonyl (C=O) groups is 2. The molecule has 1 aromatic heterocycles. The van der Waals surface area contributed by atoms with Crippen molar-refractivity contribution < 1.29 is 9.59 Å². The Balaban J connectivity index is 3.07. The molecule has 118 valence electrons. The molecule has 2 unspecified atom stereocenters. The monoisotopic (exact) mass is 311 g/mol. The number of thiophene rings is 1. The van der Waals surface area contributed by atoms with E-state index in [4.69, 9.17) is 5.73 Å². The molecule has 4 N–H and O–H groups in total. The van der Waals surface area contributed by atoms with Gasteiger partial charge in [0.2, 0.25) is 0 Å². The number of carbonyl (C=O) groups excluding carboxylic acids is 2. The highest BCUT2D eigenvalue weighted by Gasteiger charge is 2.24. The molecule has 0 fully saturated rings. The van der Waals surface area contributed by atoms with Crippen LogP contribution in [-0.2, 0) is 0 Å². The zero-order valence-corrected chi connectivity index (χ0v) is 14.2. The molecule has 0 saturated heterocycles. The third kappa shape index (κ3) is 4.20. The zero-order valence-electron chi connectivity index (χ0n) is 13.4. The van der Waals surface area contributed by atoms with Gasteiger partial charge in [-0.05, 0) is 19.3 Å². The van der Waals surface area contributed by atoms with Gasteiger partial charge in [0.25, 0.3) is 5.91 Å². The molecule has 0 aliphatic rings. The minimum Gasteiger partial charge on any atom is -0.397 e. The summed E-state index contributed by atoms with van der Waals surface area (Å²) >= 11 is 1.25. The molecular formula is C15H25N3O2S. The van der Waals surface area contributed by atoms with Crippen LogP contribution < -0.4 is 16.4 Å². The molecule has 2 atom stereocenters.